The molecular weight excluding hydrogens is 475 g/mol. The first-order chi connectivity index (χ1) is 16.7. The number of aromatic nitrogens is 3. The third-order valence-electron chi connectivity index (χ3n) is 6.19. The molecule has 0 radical (unpaired) electrons. The molecule has 0 aliphatic carbocycles. The second-order valence-electron chi connectivity index (χ2n) is 8.83. The van der Waals surface area contributed by atoms with Gasteiger partial charge in [0.15, 0.2) is 0 Å². The van der Waals surface area contributed by atoms with Gasteiger partial charge in [-0.3, -0.25) is 0 Å². The Labute approximate surface area is 206 Å². The smallest absolute Gasteiger partial charge is 0.355 e. The molecule has 2 aromatic heterocycles. The lowest BCUT2D eigenvalue weighted by Gasteiger charge is -2.32. The quantitative estimate of drug-likeness (QED) is 0.442. The van der Waals surface area contributed by atoms with Crippen molar-refractivity contribution in [2.75, 3.05) is 28.6 Å². The van der Waals surface area contributed by atoms with E-state index in [4.69, 9.17) is 22.9 Å². The average molecular weight is 500 g/mol. The normalized spacial score (nSPS) is 17.8. The van der Waals surface area contributed by atoms with Gasteiger partial charge in [0.1, 0.15) is 5.82 Å². The van der Waals surface area contributed by atoms with Crippen LogP contribution in [0.4, 0.5) is 36.3 Å². The predicted octanol–water partition coefficient (Wildman–Crippen LogP) is 4.83. The highest BCUT2D eigenvalue weighted by Crippen LogP contribution is 2.38. The van der Waals surface area contributed by atoms with Gasteiger partial charge in [0, 0.05) is 48.6 Å². The number of nitrogens with one attached hydrogen (secondary N) is 2. The lowest BCUT2D eigenvalue weighted by molar-refractivity contribution is -0.137. The standard InChI is InChI=1S/C24H24F3N7S/c1-13-18(6-7-20(30-13)34-8-2-3-16(28)12-34)32-23-29-11-14-9-21(35)31-19-10-15(24(25,26)27)4-5-17(19)22(14)33-23/h4-7,10-11,16H,2-3,8-9,12,28H2,1H3,(H,31,35)(H,29,32,33). The molecule has 1 aromatic carbocycles. The number of benzene rings is 1. The molecule has 0 bridgehead atoms. The SMILES string of the molecule is Cc1nc(N2CCCC(N)C2)ccc1Nc1ncc2c(n1)-c1ccc(C(F)(F)F)cc1NC(=S)C2. The number of nitrogens with two attached hydrogens (primary N) is 1. The first-order valence-corrected chi connectivity index (χ1v) is 11.7. The number of thiocarbonyl (C=S) groups is 1. The predicted molar refractivity (Wildman–Crippen MR) is 134 cm³/mol. The van der Waals surface area contributed by atoms with Crippen LogP contribution < -0.4 is 21.3 Å². The molecule has 0 spiro atoms. The monoisotopic (exact) mass is 499 g/mol. The van der Waals surface area contributed by atoms with Crippen molar-refractivity contribution in [2.45, 2.75) is 38.4 Å². The summed E-state index contributed by atoms with van der Waals surface area (Å²) in [7, 11) is 0. The number of alkyl halides is 3. The number of halogens is 3. The maximum Gasteiger partial charge on any atom is 0.416 e. The molecule has 35 heavy (non-hydrogen) atoms. The number of hydrogen-bond acceptors (Lipinski definition) is 7. The Balaban J connectivity index is 1.45. The zero-order valence-electron chi connectivity index (χ0n) is 19.0. The molecule has 1 fully saturated rings. The van der Waals surface area contributed by atoms with Gasteiger partial charge in [-0.15, -0.1) is 0 Å². The van der Waals surface area contributed by atoms with Crippen LogP contribution in [0.3, 0.4) is 0 Å². The minimum atomic E-state index is -4.46. The zero-order chi connectivity index (χ0) is 24.7. The van der Waals surface area contributed by atoms with Crippen LogP contribution in [0.15, 0.2) is 36.5 Å². The number of hydrogen-bond donors (Lipinski definition) is 3. The Hall–Kier alpha value is -3.31. The van der Waals surface area contributed by atoms with E-state index in [0.717, 1.165) is 60.8 Å². The summed E-state index contributed by atoms with van der Waals surface area (Å²) in [5, 5.41) is 6.12. The molecule has 0 saturated carbocycles. The fourth-order valence-corrected chi connectivity index (χ4v) is 4.69. The van der Waals surface area contributed by atoms with Gasteiger partial charge in [0.05, 0.1) is 27.6 Å². The lowest BCUT2D eigenvalue weighted by Crippen LogP contribution is -2.43. The third-order valence-corrected chi connectivity index (χ3v) is 6.44. The Morgan fingerprint density at radius 3 is 2.77 bits per heavy atom. The number of pyridine rings is 1. The van der Waals surface area contributed by atoms with Crippen molar-refractivity contribution in [3.63, 3.8) is 0 Å². The molecule has 5 rings (SSSR count). The van der Waals surface area contributed by atoms with Crippen molar-refractivity contribution in [3.8, 4) is 11.3 Å². The summed E-state index contributed by atoms with van der Waals surface area (Å²) in [5.41, 5.74) is 8.94. The first-order valence-electron chi connectivity index (χ1n) is 11.3. The van der Waals surface area contributed by atoms with E-state index in [9.17, 15) is 13.2 Å². The van der Waals surface area contributed by atoms with Crippen molar-refractivity contribution >= 4 is 40.3 Å². The molecule has 1 unspecified atom stereocenters. The molecule has 1 atom stereocenters. The highest BCUT2D eigenvalue weighted by molar-refractivity contribution is 7.80. The largest absolute Gasteiger partial charge is 0.416 e. The van der Waals surface area contributed by atoms with Crippen molar-refractivity contribution < 1.29 is 13.2 Å². The molecule has 2 aliphatic rings. The molecule has 11 heteroatoms. The maximum atomic E-state index is 13.3. The van der Waals surface area contributed by atoms with Gasteiger partial charge >= 0.3 is 6.18 Å². The third kappa shape index (κ3) is 4.92. The number of piperidine rings is 1. The van der Waals surface area contributed by atoms with Crippen LogP contribution in [-0.4, -0.2) is 39.1 Å². The van der Waals surface area contributed by atoms with E-state index in [1.165, 1.54) is 6.07 Å². The summed E-state index contributed by atoms with van der Waals surface area (Å²) in [6, 6.07) is 7.53. The van der Waals surface area contributed by atoms with Crippen LogP contribution >= 0.6 is 12.2 Å². The molecule has 4 heterocycles. The van der Waals surface area contributed by atoms with E-state index in [0.29, 0.717) is 28.6 Å². The van der Waals surface area contributed by atoms with Crippen LogP contribution in [0.25, 0.3) is 11.3 Å². The Morgan fingerprint density at radius 2 is 2.03 bits per heavy atom. The van der Waals surface area contributed by atoms with E-state index >= 15 is 0 Å². The summed E-state index contributed by atoms with van der Waals surface area (Å²) in [4.78, 5) is 16.4. The van der Waals surface area contributed by atoms with Crippen LogP contribution in [0.1, 0.15) is 29.7 Å². The number of rotatable bonds is 3. The molecule has 4 N–H and O–H groups in total. The van der Waals surface area contributed by atoms with Crippen LogP contribution in [0.2, 0.25) is 0 Å². The Morgan fingerprint density at radius 1 is 1.20 bits per heavy atom. The highest BCUT2D eigenvalue weighted by atomic mass is 32.1. The average Bonchev–Trinajstić information content (AvgIpc) is 2.94. The fraction of sp³-hybridized carbons (Fsp3) is 0.333. The van der Waals surface area contributed by atoms with Gasteiger partial charge in [0.25, 0.3) is 0 Å². The van der Waals surface area contributed by atoms with Crippen molar-refractivity contribution in [3.05, 3.63) is 53.3 Å². The van der Waals surface area contributed by atoms with Crippen LogP contribution in [0.5, 0.6) is 0 Å². The minimum Gasteiger partial charge on any atom is -0.355 e. The second kappa shape index (κ2) is 9.04. The Bertz CT molecular complexity index is 1290. The van der Waals surface area contributed by atoms with E-state index in [-0.39, 0.29) is 11.7 Å². The molecule has 3 aromatic rings. The zero-order valence-corrected chi connectivity index (χ0v) is 19.8. The fourth-order valence-electron chi connectivity index (χ4n) is 4.42. The van der Waals surface area contributed by atoms with Gasteiger partial charge in [-0.1, -0.05) is 18.3 Å². The number of aryl methyl sites for hydroxylation is 1. The van der Waals surface area contributed by atoms with E-state index in [1.54, 1.807) is 6.20 Å². The molecule has 1 saturated heterocycles. The van der Waals surface area contributed by atoms with Crippen molar-refractivity contribution in [2.24, 2.45) is 5.73 Å². The lowest BCUT2D eigenvalue weighted by atomic mass is 10.0. The van der Waals surface area contributed by atoms with Gasteiger partial charge < -0.3 is 21.3 Å². The van der Waals surface area contributed by atoms with Crippen molar-refractivity contribution in [1.82, 2.24) is 15.0 Å². The summed E-state index contributed by atoms with van der Waals surface area (Å²) in [6.07, 6.45) is -0.422. The van der Waals surface area contributed by atoms with E-state index < -0.39 is 11.7 Å². The topological polar surface area (TPSA) is 92.0 Å². The molecule has 7 nitrogen and oxygen atoms in total. The number of anilines is 4. The van der Waals surface area contributed by atoms with E-state index in [1.807, 2.05) is 19.1 Å². The molecular formula is C24H24F3N7S. The molecule has 182 valence electrons. The van der Waals surface area contributed by atoms with Crippen LogP contribution in [-0.2, 0) is 12.6 Å². The summed E-state index contributed by atoms with van der Waals surface area (Å²) >= 11 is 5.33. The summed E-state index contributed by atoms with van der Waals surface area (Å²) in [6.45, 7) is 3.60. The first kappa shape index (κ1) is 23.4. The number of nitrogens with zero attached hydrogens (tertiary/aromatic N) is 4. The molecule has 0 amide bonds. The van der Waals surface area contributed by atoms with Gasteiger partial charge in [-0.2, -0.15) is 13.2 Å². The maximum absolute atomic E-state index is 13.3. The van der Waals surface area contributed by atoms with E-state index in [2.05, 4.69) is 25.5 Å². The molecule has 2 aliphatic heterocycles. The minimum absolute atomic E-state index is 0.147. The van der Waals surface area contributed by atoms with Crippen LogP contribution in [0, 0.1) is 6.92 Å². The van der Waals surface area contributed by atoms with Gasteiger partial charge in [-0.05, 0) is 44.0 Å². The van der Waals surface area contributed by atoms with Crippen molar-refractivity contribution in [1.29, 1.82) is 0 Å². The van der Waals surface area contributed by atoms with Gasteiger partial charge in [0.2, 0.25) is 5.95 Å². The van der Waals surface area contributed by atoms with Gasteiger partial charge in [-0.25, -0.2) is 15.0 Å². The second-order valence-corrected chi connectivity index (χ2v) is 9.32. The summed E-state index contributed by atoms with van der Waals surface area (Å²) in [5.74, 6) is 1.19. The summed E-state index contributed by atoms with van der Waals surface area (Å²) < 4.78 is 39.8. The Kier molecular flexibility index (Phi) is 6.06. The highest BCUT2D eigenvalue weighted by Gasteiger charge is 2.32. The number of fused-ring (bicyclic) bond motifs is 3.